The number of aromatic carboxylic acids is 1. The van der Waals surface area contributed by atoms with Gasteiger partial charge < -0.3 is 10.0 Å². The summed E-state index contributed by atoms with van der Waals surface area (Å²) in [4.78, 5) is 13.1. The lowest BCUT2D eigenvalue weighted by Crippen LogP contribution is -2.17. The van der Waals surface area contributed by atoms with Crippen LogP contribution in [0, 0.1) is 13.8 Å². The van der Waals surface area contributed by atoms with Gasteiger partial charge in [0.15, 0.2) is 0 Å². The van der Waals surface area contributed by atoms with E-state index >= 15 is 0 Å². The van der Waals surface area contributed by atoms with Gasteiger partial charge in [-0.3, -0.25) is 0 Å². The van der Waals surface area contributed by atoms with Crippen molar-refractivity contribution >= 4 is 27.6 Å². The van der Waals surface area contributed by atoms with Crippen molar-refractivity contribution in [3.05, 3.63) is 63.1 Å². The first-order chi connectivity index (χ1) is 9.86. The van der Waals surface area contributed by atoms with Crippen LogP contribution in [0.4, 0.5) is 5.69 Å². The van der Waals surface area contributed by atoms with Crippen molar-refractivity contribution in [1.29, 1.82) is 0 Å². The lowest BCUT2D eigenvalue weighted by atomic mass is 10.1. The number of carbonyl (C=O) groups is 1. The van der Waals surface area contributed by atoms with Gasteiger partial charge >= 0.3 is 5.97 Å². The molecule has 0 aliphatic carbocycles. The van der Waals surface area contributed by atoms with Crippen LogP contribution in [0.5, 0.6) is 0 Å². The molecule has 0 atom stereocenters. The number of rotatable bonds is 4. The molecule has 0 saturated heterocycles. The molecule has 21 heavy (non-hydrogen) atoms. The second-order valence-electron chi connectivity index (χ2n) is 5.31. The Morgan fingerprint density at radius 3 is 2.29 bits per heavy atom. The predicted octanol–water partition coefficient (Wildman–Crippen LogP) is 4.40. The zero-order chi connectivity index (χ0) is 15.6. The quantitative estimate of drug-likeness (QED) is 0.890. The van der Waals surface area contributed by atoms with Crippen LogP contribution < -0.4 is 4.90 Å². The zero-order valence-electron chi connectivity index (χ0n) is 12.4. The van der Waals surface area contributed by atoms with E-state index in [2.05, 4.69) is 52.9 Å². The Kier molecular flexibility index (Phi) is 4.68. The fraction of sp³-hybridized carbons (Fsp3) is 0.235. The van der Waals surface area contributed by atoms with Crippen molar-refractivity contribution in [2.45, 2.75) is 20.4 Å². The first-order valence-electron chi connectivity index (χ1n) is 6.68. The maximum atomic E-state index is 11.0. The first kappa shape index (κ1) is 15.6. The van der Waals surface area contributed by atoms with Gasteiger partial charge in [-0.2, -0.15) is 0 Å². The molecule has 110 valence electrons. The average molecular weight is 348 g/mol. The standard InChI is InChI=1S/C17H18BrNO2/c1-11-6-12(2)8-15(7-11)19(3)10-14-5-4-13(17(20)21)9-16(14)18/h4-9H,10H2,1-3H3,(H,20,21). The fourth-order valence-corrected chi connectivity index (χ4v) is 2.83. The van der Waals surface area contributed by atoms with Crippen LogP contribution in [0.3, 0.4) is 0 Å². The highest BCUT2D eigenvalue weighted by atomic mass is 79.9. The number of nitrogens with zero attached hydrogens (tertiary/aromatic N) is 1. The van der Waals surface area contributed by atoms with Crippen molar-refractivity contribution in [3.63, 3.8) is 0 Å². The summed E-state index contributed by atoms with van der Waals surface area (Å²) in [5.74, 6) is -0.912. The van der Waals surface area contributed by atoms with Crippen LogP contribution in [-0.4, -0.2) is 18.1 Å². The van der Waals surface area contributed by atoms with Gasteiger partial charge in [-0.15, -0.1) is 0 Å². The van der Waals surface area contributed by atoms with Crippen LogP contribution in [0.1, 0.15) is 27.0 Å². The lowest BCUT2D eigenvalue weighted by molar-refractivity contribution is 0.0697. The van der Waals surface area contributed by atoms with E-state index in [1.807, 2.05) is 13.1 Å². The van der Waals surface area contributed by atoms with E-state index in [1.165, 1.54) is 11.1 Å². The Bertz CT molecular complexity index is 662. The molecule has 4 heteroatoms. The molecule has 0 amide bonds. The summed E-state index contributed by atoms with van der Waals surface area (Å²) in [5.41, 5.74) is 4.97. The van der Waals surface area contributed by atoms with Gasteiger partial charge in [0, 0.05) is 23.8 Å². The minimum atomic E-state index is -0.912. The van der Waals surface area contributed by atoms with Crippen molar-refractivity contribution in [2.75, 3.05) is 11.9 Å². The van der Waals surface area contributed by atoms with Crippen molar-refractivity contribution < 1.29 is 9.90 Å². The number of aryl methyl sites for hydroxylation is 2. The molecule has 1 N–H and O–H groups in total. The Morgan fingerprint density at radius 1 is 1.14 bits per heavy atom. The van der Waals surface area contributed by atoms with Crippen molar-refractivity contribution in [2.24, 2.45) is 0 Å². The molecule has 0 spiro atoms. The molecular formula is C17H18BrNO2. The largest absolute Gasteiger partial charge is 0.478 e. The molecular weight excluding hydrogens is 330 g/mol. The molecule has 0 saturated carbocycles. The lowest BCUT2D eigenvalue weighted by Gasteiger charge is -2.21. The summed E-state index contributed by atoms with van der Waals surface area (Å²) >= 11 is 3.46. The number of halogens is 1. The number of benzene rings is 2. The topological polar surface area (TPSA) is 40.5 Å². The summed E-state index contributed by atoms with van der Waals surface area (Å²) in [6, 6.07) is 11.6. The Labute approximate surface area is 133 Å². The fourth-order valence-electron chi connectivity index (χ4n) is 2.33. The van der Waals surface area contributed by atoms with E-state index in [1.54, 1.807) is 12.1 Å². The third-order valence-electron chi connectivity index (χ3n) is 3.35. The highest BCUT2D eigenvalue weighted by Gasteiger charge is 2.09. The van der Waals surface area contributed by atoms with Crippen molar-refractivity contribution in [3.8, 4) is 0 Å². The highest BCUT2D eigenvalue weighted by molar-refractivity contribution is 9.10. The van der Waals surface area contributed by atoms with Crippen molar-refractivity contribution in [1.82, 2.24) is 0 Å². The third kappa shape index (κ3) is 3.85. The Morgan fingerprint density at radius 2 is 1.76 bits per heavy atom. The molecule has 0 bridgehead atoms. The second-order valence-corrected chi connectivity index (χ2v) is 6.17. The number of hydrogen-bond donors (Lipinski definition) is 1. The predicted molar refractivity (Wildman–Crippen MR) is 89.1 cm³/mol. The van der Waals surface area contributed by atoms with E-state index in [4.69, 9.17) is 5.11 Å². The molecule has 2 aromatic rings. The van der Waals surface area contributed by atoms with Gasteiger partial charge in [0.1, 0.15) is 0 Å². The third-order valence-corrected chi connectivity index (χ3v) is 4.09. The van der Waals surface area contributed by atoms with Gasteiger partial charge in [-0.05, 0) is 54.8 Å². The molecule has 0 heterocycles. The van der Waals surface area contributed by atoms with Gasteiger partial charge in [0.25, 0.3) is 0 Å². The monoisotopic (exact) mass is 347 g/mol. The first-order valence-corrected chi connectivity index (χ1v) is 7.47. The molecule has 0 aliphatic rings. The summed E-state index contributed by atoms with van der Waals surface area (Å²) in [5, 5.41) is 8.99. The van der Waals surface area contributed by atoms with E-state index in [0.29, 0.717) is 12.1 Å². The zero-order valence-corrected chi connectivity index (χ0v) is 13.9. The van der Waals surface area contributed by atoms with Crippen LogP contribution in [0.2, 0.25) is 0 Å². The molecule has 0 unspecified atom stereocenters. The van der Waals surface area contributed by atoms with Gasteiger partial charge in [-0.1, -0.05) is 28.1 Å². The smallest absolute Gasteiger partial charge is 0.335 e. The number of carboxylic acid groups (broad SMARTS) is 1. The number of carboxylic acids is 1. The van der Waals surface area contributed by atoms with E-state index < -0.39 is 5.97 Å². The maximum absolute atomic E-state index is 11.0. The molecule has 0 aliphatic heterocycles. The summed E-state index contributed by atoms with van der Waals surface area (Å²) < 4.78 is 0.818. The summed E-state index contributed by atoms with van der Waals surface area (Å²) in [7, 11) is 2.03. The van der Waals surface area contributed by atoms with Crippen LogP contribution in [0.15, 0.2) is 40.9 Å². The molecule has 2 aromatic carbocycles. The normalized spacial score (nSPS) is 10.5. The SMILES string of the molecule is Cc1cc(C)cc(N(C)Cc2ccc(C(=O)O)cc2Br)c1. The minimum absolute atomic E-state index is 0.291. The Hall–Kier alpha value is -1.81. The van der Waals surface area contributed by atoms with Gasteiger partial charge in [0.05, 0.1) is 5.56 Å². The van der Waals surface area contributed by atoms with E-state index in [-0.39, 0.29) is 0 Å². The van der Waals surface area contributed by atoms with Gasteiger partial charge in [-0.25, -0.2) is 4.79 Å². The average Bonchev–Trinajstić information content (AvgIpc) is 2.39. The second kappa shape index (κ2) is 6.31. The molecule has 0 fully saturated rings. The number of hydrogen-bond acceptors (Lipinski definition) is 2. The summed E-state index contributed by atoms with van der Waals surface area (Å²) in [6.07, 6.45) is 0. The Balaban J connectivity index is 2.23. The summed E-state index contributed by atoms with van der Waals surface area (Å²) in [6.45, 7) is 4.88. The molecule has 3 nitrogen and oxygen atoms in total. The minimum Gasteiger partial charge on any atom is -0.478 e. The maximum Gasteiger partial charge on any atom is 0.335 e. The van der Waals surface area contributed by atoms with E-state index in [9.17, 15) is 4.79 Å². The van der Waals surface area contributed by atoms with Crippen LogP contribution >= 0.6 is 15.9 Å². The van der Waals surface area contributed by atoms with Crippen LogP contribution in [0.25, 0.3) is 0 Å². The van der Waals surface area contributed by atoms with Crippen LogP contribution in [-0.2, 0) is 6.54 Å². The number of anilines is 1. The molecule has 0 aromatic heterocycles. The molecule has 0 radical (unpaired) electrons. The van der Waals surface area contributed by atoms with E-state index in [0.717, 1.165) is 15.7 Å². The highest BCUT2D eigenvalue weighted by Crippen LogP contribution is 2.24. The van der Waals surface area contributed by atoms with Gasteiger partial charge in [0.2, 0.25) is 0 Å². The molecule has 2 rings (SSSR count).